The Balaban J connectivity index is 1.91. The average Bonchev–Trinajstić information content (AvgIpc) is 2.71. The summed E-state index contributed by atoms with van der Waals surface area (Å²) in [7, 11) is 5.88. The number of hydrogen-bond donors (Lipinski definition) is 1. The van der Waals surface area contributed by atoms with Crippen molar-refractivity contribution in [3.05, 3.63) is 48.2 Å². The fourth-order valence-corrected chi connectivity index (χ4v) is 3.67. The Kier molecular flexibility index (Phi) is 5.01. The quantitative estimate of drug-likeness (QED) is 0.394. The van der Waals surface area contributed by atoms with Crippen LogP contribution in [0, 0.1) is 6.92 Å². The van der Waals surface area contributed by atoms with Gasteiger partial charge in [-0.25, -0.2) is 4.98 Å². The first-order valence-corrected chi connectivity index (χ1v) is 9.64. The molecule has 0 radical (unpaired) electrons. The highest BCUT2D eigenvalue weighted by Crippen LogP contribution is 2.34. The highest BCUT2D eigenvalue weighted by Gasteiger charge is 2.14. The van der Waals surface area contributed by atoms with E-state index in [2.05, 4.69) is 54.6 Å². The minimum absolute atomic E-state index is 0.833. The minimum Gasteiger partial charge on any atom is -0.497 e. The van der Waals surface area contributed by atoms with Gasteiger partial charge in [-0.3, -0.25) is 4.98 Å². The topological polar surface area (TPSA) is 50.3 Å². The van der Waals surface area contributed by atoms with E-state index in [1.807, 2.05) is 19.1 Å². The summed E-state index contributed by atoms with van der Waals surface area (Å²) in [6.45, 7) is 3.97. The van der Waals surface area contributed by atoms with Crippen molar-refractivity contribution in [3.8, 4) is 5.75 Å². The number of hydrogen-bond acceptors (Lipinski definition) is 5. The van der Waals surface area contributed by atoms with Gasteiger partial charge in [-0.1, -0.05) is 24.3 Å². The van der Waals surface area contributed by atoms with E-state index in [4.69, 9.17) is 14.7 Å². The van der Waals surface area contributed by atoms with Crippen molar-refractivity contribution in [2.75, 3.05) is 39.6 Å². The van der Waals surface area contributed by atoms with Crippen LogP contribution in [0.1, 0.15) is 12.1 Å². The lowest BCUT2D eigenvalue weighted by Gasteiger charge is -2.15. The molecule has 0 unspecified atom stereocenters. The van der Waals surface area contributed by atoms with Gasteiger partial charge in [0.1, 0.15) is 11.6 Å². The van der Waals surface area contributed by atoms with Crippen molar-refractivity contribution >= 4 is 38.4 Å². The summed E-state index contributed by atoms with van der Waals surface area (Å²) in [5.41, 5.74) is 2.86. The van der Waals surface area contributed by atoms with Gasteiger partial charge in [-0.2, -0.15) is 0 Å². The molecule has 0 aliphatic carbocycles. The van der Waals surface area contributed by atoms with Crippen molar-refractivity contribution in [2.45, 2.75) is 13.3 Å². The highest BCUT2D eigenvalue weighted by molar-refractivity contribution is 6.16. The normalized spacial score (nSPS) is 11.6. The smallest absolute Gasteiger partial charge is 0.134 e. The molecular formula is C23H26N4O. The van der Waals surface area contributed by atoms with Crippen molar-refractivity contribution in [2.24, 2.45) is 0 Å². The molecule has 28 heavy (non-hydrogen) atoms. The van der Waals surface area contributed by atoms with Gasteiger partial charge < -0.3 is 15.0 Å². The molecule has 2 heterocycles. The molecule has 2 aromatic heterocycles. The molecule has 0 spiro atoms. The molecule has 144 valence electrons. The summed E-state index contributed by atoms with van der Waals surface area (Å²) in [5, 5.41) is 7.96. The molecule has 1 N–H and O–H groups in total. The molecule has 0 amide bonds. The van der Waals surface area contributed by atoms with E-state index in [9.17, 15) is 0 Å². The molecule has 0 aliphatic heterocycles. The standard InChI is InChI=1S/C23H26N4O/c1-15-20-14-16(28-4)10-11-18(20)22-21(25-15)17-8-5-6-9-19(17)23(26-22)24-12-7-13-27(2)3/h5-6,8-11,14H,7,12-13H2,1-4H3,(H,24,26). The summed E-state index contributed by atoms with van der Waals surface area (Å²) in [6, 6.07) is 14.5. The van der Waals surface area contributed by atoms with E-state index >= 15 is 0 Å². The van der Waals surface area contributed by atoms with Crippen molar-refractivity contribution in [1.29, 1.82) is 0 Å². The number of methoxy groups -OCH3 is 1. The number of fused-ring (bicyclic) bond motifs is 5. The first kappa shape index (κ1) is 18.4. The van der Waals surface area contributed by atoms with Crippen LogP contribution >= 0.6 is 0 Å². The molecule has 0 fully saturated rings. The molecule has 4 rings (SSSR count). The average molecular weight is 374 g/mol. The monoisotopic (exact) mass is 374 g/mol. The third-order valence-corrected chi connectivity index (χ3v) is 5.11. The Bertz CT molecular complexity index is 1150. The Hall–Kier alpha value is -2.92. The number of pyridine rings is 2. The second kappa shape index (κ2) is 7.60. The van der Waals surface area contributed by atoms with Gasteiger partial charge in [0.05, 0.1) is 18.1 Å². The summed E-state index contributed by atoms with van der Waals surface area (Å²) in [5.74, 6) is 1.75. The Labute approximate surface area is 165 Å². The van der Waals surface area contributed by atoms with Crippen LogP contribution in [0.3, 0.4) is 0 Å². The number of nitrogens with zero attached hydrogens (tertiary/aromatic N) is 3. The van der Waals surface area contributed by atoms with Gasteiger partial charge in [0.25, 0.3) is 0 Å². The van der Waals surface area contributed by atoms with Gasteiger partial charge in [0, 0.05) is 33.8 Å². The lowest BCUT2D eigenvalue weighted by Crippen LogP contribution is -2.16. The summed E-state index contributed by atoms with van der Waals surface area (Å²) in [4.78, 5) is 12.1. The second-order valence-electron chi connectivity index (χ2n) is 7.40. The van der Waals surface area contributed by atoms with Crippen molar-refractivity contribution in [3.63, 3.8) is 0 Å². The SMILES string of the molecule is COc1ccc2c(c1)c(C)nc1c3ccccc3c(NCCCN(C)C)nc21. The maximum absolute atomic E-state index is 5.40. The molecule has 2 aromatic carbocycles. The predicted octanol–water partition coefficient (Wildman–Crippen LogP) is 4.62. The number of ether oxygens (including phenoxy) is 1. The summed E-state index contributed by atoms with van der Waals surface area (Å²) in [6.07, 6.45) is 1.06. The molecule has 5 nitrogen and oxygen atoms in total. The molecule has 5 heteroatoms. The lowest BCUT2D eigenvalue weighted by atomic mass is 10.0. The van der Waals surface area contributed by atoms with E-state index in [0.717, 1.165) is 69.3 Å². The van der Waals surface area contributed by atoms with Gasteiger partial charge in [-0.05, 0) is 52.2 Å². The first-order chi connectivity index (χ1) is 13.6. The number of aryl methyl sites for hydroxylation is 1. The van der Waals surface area contributed by atoms with Crippen LogP contribution in [0.15, 0.2) is 42.5 Å². The van der Waals surface area contributed by atoms with Crippen LogP contribution in [0.2, 0.25) is 0 Å². The fraction of sp³-hybridized carbons (Fsp3) is 0.304. The Morgan fingerprint density at radius 3 is 2.39 bits per heavy atom. The summed E-state index contributed by atoms with van der Waals surface area (Å²) >= 11 is 0. The van der Waals surface area contributed by atoms with Gasteiger partial charge >= 0.3 is 0 Å². The highest BCUT2D eigenvalue weighted by atomic mass is 16.5. The van der Waals surface area contributed by atoms with Gasteiger partial charge in [0.15, 0.2) is 0 Å². The van der Waals surface area contributed by atoms with Crippen molar-refractivity contribution in [1.82, 2.24) is 14.9 Å². The van der Waals surface area contributed by atoms with E-state index in [-0.39, 0.29) is 0 Å². The van der Waals surface area contributed by atoms with Gasteiger partial charge in [0.2, 0.25) is 0 Å². The third-order valence-electron chi connectivity index (χ3n) is 5.11. The van der Waals surface area contributed by atoms with Crippen LogP contribution in [0.5, 0.6) is 5.75 Å². The van der Waals surface area contributed by atoms with Crippen LogP contribution in [-0.4, -0.2) is 49.2 Å². The number of nitrogens with one attached hydrogen (secondary N) is 1. The number of anilines is 1. The molecule has 0 saturated heterocycles. The van der Waals surface area contributed by atoms with Crippen LogP contribution in [0.25, 0.3) is 32.6 Å². The van der Waals surface area contributed by atoms with Gasteiger partial charge in [-0.15, -0.1) is 0 Å². The first-order valence-electron chi connectivity index (χ1n) is 9.64. The zero-order valence-electron chi connectivity index (χ0n) is 16.9. The predicted molar refractivity (Wildman–Crippen MR) is 117 cm³/mol. The maximum Gasteiger partial charge on any atom is 0.134 e. The van der Waals surface area contributed by atoms with Crippen LogP contribution < -0.4 is 10.1 Å². The zero-order chi connectivity index (χ0) is 19.7. The molecule has 0 atom stereocenters. The van der Waals surface area contributed by atoms with E-state index in [1.54, 1.807) is 7.11 Å². The Morgan fingerprint density at radius 1 is 0.929 bits per heavy atom. The molecule has 0 saturated carbocycles. The number of rotatable bonds is 6. The number of aromatic nitrogens is 2. The minimum atomic E-state index is 0.833. The van der Waals surface area contributed by atoms with E-state index in [1.165, 1.54) is 0 Å². The van der Waals surface area contributed by atoms with Crippen molar-refractivity contribution < 1.29 is 4.74 Å². The molecule has 4 aromatic rings. The third kappa shape index (κ3) is 3.34. The maximum atomic E-state index is 5.40. The van der Waals surface area contributed by atoms with Crippen LogP contribution in [-0.2, 0) is 0 Å². The largest absolute Gasteiger partial charge is 0.497 e. The second-order valence-corrected chi connectivity index (χ2v) is 7.40. The fourth-order valence-electron chi connectivity index (χ4n) is 3.67. The number of benzene rings is 2. The zero-order valence-corrected chi connectivity index (χ0v) is 16.9. The molecule has 0 bridgehead atoms. The van der Waals surface area contributed by atoms with E-state index in [0.29, 0.717) is 0 Å². The Morgan fingerprint density at radius 2 is 1.64 bits per heavy atom. The lowest BCUT2D eigenvalue weighted by molar-refractivity contribution is 0.405. The van der Waals surface area contributed by atoms with E-state index < -0.39 is 0 Å². The molecular weight excluding hydrogens is 348 g/mol. The molecule has 0 aliphatic rings. The summed E-state index contributed by atoms with van der Waals surface area (Å²) < 4.78 is 5.40. The van der Waals surface area contributed by atoms with Crippen LogP contribution in [0.4, 0.5) is 5.82 Å².